The molecule has 1 fully saturated rings. The van der Waals surface area contributed by atoms with E-state index in [4.69, 9.17) is 11.0 Å². The van der Waals surface area contributed by atoms with Crippen LogP contribution in [-0.2, 0) is 5.54 Å². The number of hydrogen-bond acceptors (Lipinski definition) is 5. The van der Waals surface area contributed by atoms with Crippen molar-refractivity contribution in [3.05, 3.63) is 58.7 Å². The van der Waals surface area contributed by atoms with Crippen molar-refractivity contribution in [1.29, 1.82) is 5.26 Å². The molecule has 0 bridgehead atoms. The third kappa shape index (κ3) is 2.98. The Bertz CT molecular complexity index is 1490. The molecular formula is C22H17F3N6O2. The molecule has 1 atom stereocenters. The number of imidazole rings is 1. The van der Waals surface area contributed by atoms with Gasteiger partial charge in [-0.2, -0.15) is 18.4 Å². The highest BCUT2D eigenvalue weighted by atomic mass is 19.4. The molecule has 1 aliphatic carbocycles. The normalized spacial score (nSPS) is 16.1. The Morgan fingerprint density at radius 2 is 2.09 bits per heavy atom. The van der Waals surface area contributed by atoms with Crippen LogP contribution in [0.4, 0.5) is 18.0 Å². The lowest BCUT2D eigenvalue weighted by molar-refractivity contribution is -0.178. The number of alkyl halides is 3. The largest absolute Gasteiger partial charge is 0.464 e. The van der Waals surface area contributed by atoms with Gasteiger partial charge in [0.1, 0.15) is 17.4 Å². The summed E-state index contributed by atoms with van der Waals surface area (Å²) in [7, 11) is 0. The summed E-state index contributed by atoms with van der Waals surface area (Å²) in [6.45, 7) is 1.66. The number of benzene rings is 1. The number of nitrogens with zero attached hydrogens (tertiary/aromatic N) is 4. The molecule has 0 aliphatic heterocycles. The Morgan fingerprint density at radius 1 is 1.36 bits per heavy atom. The predicted molar refractivity (Wildman–Crippen MR) is 112 cm³/mol. The van der Waals surface area contributed by atoms with Crippen LogP contribution in [0.2, 0.25) is 0 Å². The Morgan fingerprint density at radius 3 is 2.70 bits per heavy atom. The van der Waals surface area contributed by atoms with E-state index in [-0.39, 0.29) is 39.1 Å². The fraction of sp³-hybridized carbons (Fsp3) is 0.273. The van der Waals surface area contributed by atoms with Crippen LogP contribution in [0.1, 0.15) is 46.8 Å². The number of halogens is 3. The standard InChI is InChI=1S/C22H17F3N6O2/c1-10-6-14(12-2-3-12)16(13-4-5-31(17(10)13)20(32)33)21(27,22(23,24)25)19-29-15-7-11(8-26)9-28-18(15)30-19/h4-7,9,12H,2-3,27H2,1H3,(H,32,33)(H,28,29,30). The number of nitriles is 1. The van der Waals surface area contributed by atoms with Crippen LogP contribution in [0.5, 0.6) is 0 Å². The first-order valence-corrected chi connectivity index (χ1v) is 10.1. The van der Waals surface area contributed by atoms with Gasteiger partial charge in [-0.3, -0.25) is 4.57 Å². The minimum Gasteiger partial charge on any atom is -0.464 e. The number of pyridine rings is 1. The highest BCUT2D eigenvalue weighted by Crippen LogP contribution is 2.52. The highest BCUT2D eigenvalue weighted by molar-refractivity contribution is 5.95. The van der Waals surface area contributed by atoms with Gasteiger partial charge in [0.25, 0.3) is 0 Å². The van der Waals surface area contributed by atoms with Crippen molar-refractivity contribution in [1.82, 2.24) is 19.5 Å². The highest BCUT2D eigenvalue weighted by Gasteiger charge is 2.59. The predicted octanol–water partition coefficient (Wildman–Crippen LogP) is 4.26. The van der Waals surface area contributed by atoms with Crippen molar-refractivity contribution >= 4 is 28.2 Å². The quantitative estimate of drug-likeness (QED) is 0.424. The van der Waals surface area contributed by atoms with Crippen LogP contribution >= 0.6 is 0 Å². The van der Waals surface area contributed by atoms with Gasteiger partial charge in [0.2, 0.25) is 0 Å². The number of nitrogens with two attached hydrogens (primary N) is 1. The van der Waals surface area contributed by atoms with E-state index in [1.165, 1.54) is 24.5 Å². The first-order chi connectivity index (χ1) is 15.6. The number of fused-ring (bicyclic) bond motifs is 2. The first kappa shape index (κ1) is 21.0. The van der Waals surface area contributed by atoms with E-state index in [0.717, 1.165) is 4.57 Å². The topological polar surface area (TPSA) is 134 Å². The van der Waals surface area contributed by atoms with Gasteiger partial charge in [-0.25, -0.2) is 14.8 Å². The van der Waals surface area contributed by atoms with E-state index >= 15 is 0 Å². The van der Waals surface area contributed by atoms with Crippen molar-refractivity contribution in [2.75, 3.05) is 0 Å². The van der Waals surface area contributed by atoms with Crippen molar-refractivity contribution in [3.8, 4) is 6.07 Å². The lowest BCUT2D eigenvalue weighted by Gasteiger charge is -2.33. The summed E-state index contributed by atoms with van der Waals surface area (Å²) < 4.78 is 45.4. The number of aromatic nitrogens is 4. The first-order valence-electron chi connectivity index (χ1n) is 10.1. The molecule has 4 N–H and O–H groups in total. The van der Waals surface area contributed by atoms with Crippen molar-refractivity contribution in [2.24, 2.45) is 5.73 Å². The van der Waals surface area contributed by atoms with Crippen LogP contribution in [0.3, 0.4) is 0 Å². The number of nitrogens with one attached hydrogen (secondary N) is 1. The van der Waals surface area contributed by atoms with Crippen LogP contribution in [0, 0.1) is 18.3 Å². The molecule has 5 rings (SSSR count). The van der Waals surface area contributed by atoms with Gasteiger partial charge >= 0.3 is 12.3 Å². The number of rotatable bonds is 3. The Kier molecular flexibility index (Phi) is 4.31. The smallest absolute Gasteiger partial charge is 0.417 e. The van der Waals surface area contributed by atoms with E-state index in [9.17, 15) is 23.1 Å². The molecule has 11 heteroatoms. The minimum atomic E-state index is -4.99. The zero-order chi connectivity index (χ0) is 23.7. The third-order valence-corrected chi connectivity index (χ3v) is 6.09. The summed E-state index contributed by atoms with van der Waals surface area (Å²) in [6, 6.07) is 6.14. The van der Waals surface area contributed by atoms with Gasteiger partial charge in [0.05, 0.1) is 11.1 Å². The Hall–Kier alpha value is -3.91. The van der Waals surface area contributed by atoms with E-state index in [1.54, 1.807) is 13.0 Å². The van der Waals surface area contributed by atoms with Crippen LogP contribution < -0.4 is 5.73 Å². The molecule has 8 nitrogen and oxygen atoms in total. The van der Waals surface area contributed by atoms with Crippen LogP contribution in [-0.4, -0.2) is 36.9 Å². The number of carbonyl (C=O) groups is 1. The van der Waals surface area contributed by atoms with E-state index < -0.39 is 23.6 Å². The maximum atomic E-state index is 14.8. The summed E-state index contributed by atoms with van der Waals surface area (Å²) in [5.41, 5.74) is 4.33. The molecule has 0 spiro atoms. The van der Waals surface area contributed by atoms with Gasteiger partial charge in [-0.1, -0.05) is 6.07 Å². The fourth-order valence-corrected chi connectivity index (χ4v) is 4.42. The average molecular weight is 454 g/mol. The Balaban J connectivity index is 1.88. The van der Waals surface area contributed by atoms with Crippen molar-refractivity contribution in [3.63, 3.8) is 0 Å². The summed E-state index contributed by atoms with van der Waals surface area (Å²) >= 11 is 0. The molecule has 3 heterocycles. The molecule has 0 amide bonds. The molecule has 1 unspecified atom stereocenters. The zero-order valence-electron chi connectivity index (χ0n) is 17.2. The van der Waals surface area contributed by atoms with Gasteiger partial charge in [0.15, 0.2) is 11.2 Å². The summed E-state index contributed by atoms with van der Waals surface area (Å²) in [5.74, 6) is -0.697. The summed E-state index contributed by atoms with van der Waals surface area (Å²) in [6.07, 6.45) is -2.45. The molecule has 33 heavy (non-hydrogen) atoms. The van der Waals surface area contributed by atoms with E-state index in [1.807, 2.05) is 6.07 Å². The second kappa shape index (κ2) is 6.79. The average Bonchev–Trinajstić information content (AvgIpc) is 3.35. The summed E-state index contributed by atoms with van der Waals surface area (Å²) in [5, 5.41) is 18.7. The number of H-pyrrole nitrogens is 1. The van der Waals surface area contributed by atoms with Crippen molar-refractivity contribution in [2.45, 2.75) is 37.4 Å². The zero-order valence-corrected chi connectivity index (χ0v) is 17.2. The second-order valence-electron chi connectivity index (χ2n) is 8.26. The lowest BCUT2D eigenvalue weighted by atomic mass is 9.81. The maximum absolute atomic E-state index is 14.8. The Labute approximate surface area is 184 Å². The number of carboxylic acid groups (broad SMARTS) is 1. The van der Waals surface area contributed by atoms with Gasteiger partial charge < -0.3 is 15.8 Å². The van der Waals surface area contributed by atoms with E-state index in [0.29, 0.717) is 24.0 Å². The lowest BCUT2D eigenvalue weighted by Crippen LogP contribution is -2.53. The monoisotopic (exact) mass is 454 g/mol. The minimum absolute atomic E-state index is 0.0579. The molecule has 3 aromatic heterocycles. The molecule has 0 saturated heterocycles. The number of hydrogen-bond donors (Lipinski definition) is 3. The molecule has 0 radical (unpaired) electrons. The van der Waals surface area contributed by atoms with Crippen LogP contribution in [0.15, 0.2) is 30.6 Å². The number of aromatic amines is 1. The van der Waals surface area contributed by atoms with Crippen LogP contribution in [0.25, 0.3) is 22.1 Å². The molecule has 1 aliphatic rings. The molecule has 1 saturated carbocycles. The third-order valence-electron chi connectivity index (χ3n) is 6.09. The van der Waals surface area contributed by atoms with E-state index in [2.05, 4.69) is 15.0 Å². The number of aryl methyl sites for hydroxylation is 1. The fourth-order valence-electron chi connectivity index (χ4n) is 4.42. The SMILES string of the molecule is Cc1cc(C2CC2)c(C(N)(c2nc3cc(C#N)cnc3[nH]2)C(F)(F)F)c2ccn(C(=O)O)c12. The molecule has 1 aromatic carbocycles. The maximum Gasteiger partial charge on any atom is 0.417 e. The van der Waals surface area contributed by atoms with Crippen molar-refractivity contribution < 1.29 is 23.1 Å². The summed E-state index contributed by atoms with van der Waals surface area (Å²) in [4.78, 5) is 22.4. The van der Waals surface area contributed by atoms with Gasteiger partial charge in [-0.15, -0.1) is 0 Å². The molecule has 168 valence electrons. The van der Waals surface area contributed by atoms with Gasteiger partial charge in [0, 0.05) is 23.3 Å². The van der Waals surface area contributed by atoms with Gasteiger partial charge in [-0.05, 0) is 48.9 Å². The molecule has 4 aromatic rings. The molecular weight excluding hydrogens is 437 g/mol. The second-order valence-corrected chi connectivity index (χ2v) is 8.26.